The van der Waals surface area contributed by atoms with Gasteiger partial charge in [-0.3, -0.25) is 0 Å². The minimum Gasteiger partial charge on any atom is -0.496 e. The van der Waals surface area contributed by atoms with Gasteiger partial charge >= 0.3 is 0 Å². The van der Waals surface area contributed by atoms with Gasteiger partial charge < -0.3 is 19.5 Å². The van der Waals surface area contributed by atoms with Crippen LogP contribution in [0, 0.1) is 0 Å². The van der Waals surface area contributed by atoms with Crippen LogP contribution in [0.4, 0.5) is 0 Å². The minimum atomic E-state index is 0.284. The molecule has 134 valence electrons. The molecule has 1 aliphatic rings. The molecule has 1 saturated heterocycles. The Morgan fingerprint density at radius 1 is 1.08 bits per heavy atom. The SMILES string of the molecule is COc1ccc(Br)cc1COc1ccccc1COC1CCCNC1. The van der Waals surface area contributed by atoms with Crippen molar-refractivity contribution in [2.45, 2.75) is 32.2 Å². The molecule has 1 fully saturated rings. The molecular formula is C20H24BrNO3. The molecule has 1 unspecified atom stereocenters. The molecule has 5 heteroatoms. The molecule has 1 aliphatic heterocycles. The number of halogens is 1. The van der Waals surface area contributed by atoms with Gasteiger partial charge in [-0.05, 0) is 43.7 Å². The predicted molar refractivity (Wildman–Crippen MR) is 102 cm³/mol. The van der Waals surface area contributed by atoms with Crippen molar-refractivity contribution in [2.75, 3.05) is 20.2 Å². The zero-order chi connectivity index (χ0) is 17.5. The fourth-order valence-corrected chi connectivity index (χ4v) is 3.36. The lowest BCUT2D eigenvalue weighted by atomic mass is 10.1. The molecular weight excluding hydrogens is 382 g/mol. The molecule has 0 spiro atoms. The highest BCUT2D eigenvalue weighted by Gasteiger charge is 2.14. The number of hydrogen-bond donors (Lipinski definition) is 1. The summed E-state index contributed by atoms with van der Waals surface area (Å²) in [5.74, 6) is 1.68. The van der Waals surface area contributed by atoms with Crippen LogP contribution in [0.15, 0.2) is 46.9 Å². The second kappa shape index (κ2) is 9.22. The van der Waals surface area contributed by atoms with E-state index < -0.39 is 0 Å². The summed E-state index contributed by atoms with van der Waals surface area (Å²) >= 11 is 3.50. The largest absolute Gasteiger partial charge is 0.496 e. The second-order valence-corrected chi connectivity index (χ2v) is 7.05. The molecule has 3 rings (SSSR count). The van der Waals surface area contributed by atoms with Gasteiger partial charge in [0.2, 0.25) is 0 Å². The number of piperidine rings is 1. The summed E-state index contributed by atoms with van der Waals surface area (Å²) in [5.41, 5.74) is 2.08. The normalized spacial score (nSPS) is 17.3. The molecule has 0 aliphatic carbocycles. The van der Waals surface area contributed by atoms with E-state index in [4.69, 9.17) is 14.2 Å². The molecule has 0 amide bonds. The van der Waals surface area contributed by atoms with Crippen LogP contribution in [0.2, 0.25) is 0 Å². The first-order valence-electron chi connectivity index (χ1n) is 8.61. The first-order chi connectivity index (χ1) is 12.3. The van der Waals surface area contributed by atoms with Crippen molar-refractivity contribution in [3.63, 3.8) is 0 Å². The van der Waals surface area contributed by atoms with Gasteiger partial charge in [0, 0.05) is 22.1 Å². The fraction of sp³-hybridized carbons (Fsp3) is 0.400. The van der Waals surface area contributed by atoms with Crippen molar-refractivity contribution in [1.29, 1.82) is 0 Å². The van der Waals surface area contributed by atoms with E-state index in [1.807, 2.05) is 36.4 Å². The van der Waals surface area contributed by atoms with E-state index in [2.05, 4.69) is 27.3 Å². The van der Waals surface area contributed by atoms with Crippen molar-refractivity contribution in [2.24, 2.45) is 0 Å². The Balaban J connectivity index is 1.63. The van der Waals surface area contributed by atoms with Crippen LogP contribution in [0.25, 0.3) is 0 Å². The van der Waals surface area contributed by atoms with Crippen LogP contribution in [0.3, 0.4) is 0 Å². The standard InChI is InChI=1S/C20H24BrNO3/c1-23-19-9-8-17(21)11-16(19)14-25-20-7-3-2-5-15(20)13-24-18-6-4-10-22-12-18/h2-3,5,7-9,11,18,22H,4,6,10,12-14H2,1H3. The van der Waals surface area contributed by atoms with Crippen molar-refractivity contribution >= 4 is 15.9 Å². The summed E-state index contributed by atoms with van der Waals surface area (Å²) < 4.78 is 18.5. The lowest BCUT2D eigenvalue weighted by molar-refractivity contribution is 0.0241. The third-order valence-corrected chi connectivity index (χ3v) is 4.82. The molecule has 4 nitrogen and oxygen atoms in total. The van der Waals surface area contributed by atoms with Crippen LogP contribution in [-0.2, 0) is 18.0 Å². The van der Waals surface area contributed by atoms with Crippen molar-refractivity contribution in [1.82, 2.24) is 5.32 Å². The number of rotatable bonds is 7. The van der Waals surface area contributed by atoms with Crippen molar-refractivity contribution in [3.05, 3.63) is 58.1 Å². The summed E-state index contributed by atoms with van der Waals surface area (Å²) in [5, 5.41) is 3.38. The van der Waals surface area contributed by atoms with Gasteiger partial charge in [-0.1, -0.05) is 34.1 Å². The lowest BCUT2D eigenvalue weighted by Gasteiger charge is -2.23. The Kier molecular flexibility index (Phi) is 6.73. The van der Waals surface area contributed by atoms with Gasteiger partial charge in [-0.2, -0.15) is 0 Å². The average molecular weight is 406 g/mol. The summed E-state index contributed by atoms with van der Waals surface area (Å²) in [6.45, 7) is 3.04. The van der Waals surface area contributed by atoms with Crippen LogP contribution in [0.5, 0.6) is 11.5 Å². The quantitative estimate of drug-likeness (QED) is 0.744. The Morgan fingerprint density at radius 2 is 1.96 bits per heavy atom. The Morgan fingerprint density at radius 3 is 2.76 bits per heavy atom. The summed E-state index contributed by atoms with van der Waals surface area (Å²) in [6.07, 6.45) is 2.57. The van der Waals surface area contributed by atoms with Gasteiger partial charge in [-0.15, -0.1) is 0 Å². The van der Waals surface area contributed by atoms with Crippen LogP contribution in [0.1, 0.15) is 24.0 Å². The minimum absolute atomic E-state index is 0.284. The zero-order valence-corrected chi connectivity index (χ0v) is 16.1. The first kappa shape index (κ1) is 18.2. The van der Waals surface area contributed by atoms with Gasteiger partial charge in [-0.25, -0.2) is 0 Å². The molecule has 25 heavy (non-hydrogen) atoms. The number of ether oxygens (including phenoxy) is 3. The van der Waals surface area contributed by atoms with E-state index >= 15 is 0 Å². The van der Waals surface area contributed by atoms with Gasteiger partial charge in [0.25, 0.3) is 0 Å². The molecule has 1 atom stereocenters. The van der Waals surface area contributed by atoms with E-state index in [0.29, 0.717) is 13.2 Å². The summed E-state index contributed by atoms with van der Waals surface area (Å²) in [6, 6.07) is 14.0. The van der Waals surface area contributed by atoms with E-state index in [1.54, 1.807) is 7.11 Å². The maximum atomic E-state index is 6.06. The van der Waals surface area contributed by atoms with Gasteiger partial charge in [0.15, 0.2) is 0 Å². The number of methoxy groups -OCH3 is 1. The van der Waals surface area contributed by atoms with E-state index in [9.17, 15) is 0 Å². The number of para-hydroxylation sites is 1. The lowest BCUT2D eigenvalue weighted by Crippen LogP contribution is -2.35. The van der Waals surface area contributed by atoms with Gasteiger partial charge in [0.05, 0.1) is 19.8 Å². The predicted octanol–water partition coefficient (Wildman–Crippen LogP) is 4.31. The Bertz CT molecular complexity index is 686. The molecule has 2 aromatic rings. The summed E-state index contributed by atoms with van der Waals surface area (Å²) in [4.78, 5) is 0. The average Bonchev–Trinajstić information content (AvgIpc) is 2.66. The molecule has 0 saturated carbocycles. The van der Waals surface area contributed by atoms with E-state index in [0.717, 1.165) is 46.6 Å². The zero-order valence-electron chi connectivity index (χ0n) is 14.5. The molecule has 1 N–H and O–H groups in total. The van der Waals surface area contributed by atoms with Crippen LogP contribution < -0.4 is 14.8 Å². The number of hydrogen-bond acceptors (Lipinski definition) is 4. The highest BCUT2D eigenvalue weighted by Crippen LogP contribution is 2.26. The third-order valence-electron chi connectivity index (χ3n) is 4.32. The number of benzene rings is 2. The maximum absolute atomic E-state index is 6.06. The summed E-state index contributed by atoms with van der Waals surface area (Å²) in [7, 11) is 1.67. The molecule has 1 heterocycles. The highest BCUT2D eigenvalue weighted by atomic mass is 79.9. The van der Waals surface area contributed by atoms with Crippen LogP contribution in [-0.4, -0.2) is 26.3 Å². The molecule has 2 aromatic carbocycles. The molecule has 0 aromatic heterocycles. The van der Waals surface area contributed by atoms with Crippen molar-refractivity contribution in [3.8, 4) is 11.5 Å². The monoisotopic (exact) mass is 405 g/mol. The smallest absolute Gasteiger partial charge is 0.125 e. The van der Waals surface area contributed by atoms with Gasteiger partial charge in [0.1, 0.15) is 18.1 Å². The molecule has 0 radical (unpaired) electrons. The fourth-order valence-electron chi connectivity index (χ4n) is 2.95. The van der Waals surface area contributed by atoms with Crippen molar-refractivity contribution < 1.29 is 14.2 Å². The van der Waals surface area contributed by atoms with E-state index in [1.165, 1.54) is 6.42 Å². The number of nitrogens with one attached hydrogen (secondary N) is 1. The third kappa shape index (κ3) is 5.21. The Hall–Kier alpha value is -1.56. The topological polar surface area (TPSA) is 39.7 Å². The molecule has 0 bridgehead atoms. The highest BCUT2D eigenvalue weighted by molar-refractivity contribution is 9.10. The second-order valence-electron chi connectivity index (χ2n) is 6.13. The first-order valence-corrected chi connectivity index (χ1v) is 9.41. The maximum Gasteiger partial charge on any atom is 0.125 e. The van der Waals surface area contributed by atoms with Crippen LogP contribution >= 0.6 is 15.9 Å². The Labute approximate surface area is 157 Å². The van der Waals surface area contributed by atoms with E-state index in [-0.39, 0.29) is 6.10 Å².